The smallest absolute Gasteiger partial charge is 0.222 e. The van der Waals surface area contributed by atoms with Crippen LogP contribution in [0.1, 0.15) is 52.4 Å². The minimum absolute atomic E-state index is 0. The van der Waals surface area contributed by atoms with E-state index in [4.69, 9.17) is 0 Å². The molecule has 3 rings (SSSR count). The van der Waals surface area contributed by atoms with E-state index in [-0.39, 0.29) is 24.8 Å². The van der Waals surface area contributed by atoms with E-state index in [2.05, 4.69) is 29.0 Å². The van der Waals surface area contributed by atoms with E-state index in [9.17, 15) is 4.79 Å². The maximum atomic E-state index is 12.6. The number of halogens is 2. The maximum absolute atomic E-state index is 12.6. The first-order chi connectivity index (χ1) is 10.2. The summed E-state index contributed by atoms with van der Waals surface area (Å²) in [6, 6.07) is 1.99. The predicted molar refractivity (Wildman–Crippen MR) is 99.7 cm³/mol. The van der Waals surface area contributed by atoms with Crippen molar-refractivity contribution < 1.29 is 4.79 Å². The molecular formula is C17H33Cl2N3O. The Morgan fingerprint density at radius 2 is 1.70 bits per heavy atom. The van der Waals surface area contributed by atoms with Crippen molar-refractivity contribution in [2.45, 2.75) is 70.5 Å². The molecule has 0 aromatic rings. The molecule has 3 saturated heterocycles. The van der Waals surface area contributed by atoms with E-state index >= 15 is 0 Å². The fraction of sp³-hybridized carbons (Fsp3) is 0.941. The Morgan fingerprint density at radius 3 is 2.26 bits per heavy atom. The molecule has 0 aliphatic carbocycles. The quantitative estimate of drug-likeness (QED) is 0.813. The zero-order valence-electron chi connectivity index (χ0n) is 14.5. The number of hydrogen-bond donors (Lipinski definition) is 1. The lowest BCUT2D eigenvalue weighted by Gasteiger charge is -2.30. The van der Waals surface area contributed by atoms with Crippen molar-refractivity contribution in [2.75, 3.05) is 26.2 Å². The number of piperidine rings is 1. The van der Waals surface area contributed by atoms with Crippen LogP contribution in [0.4, 0.5) is 0 Å². The van der Waals surface area contributed by atoms with Crippen LogP contribution >= 0.6 is 24.8 Å². The third kappa shape index (κ3) is 4.97. The lowest BCUT2D eigenvalue weighted by Crippen LogP contribution is -2.41. The highest BCUT2D eigenvalue weighted by Gasteiger charge is 2.36. The van der Waals surface area contributed by atoms with Crippen molar-refractivity contribution in [3.63, 3.8) is 0 Å². The number of likely N-dealkylation sites (tertiary alicyclic amines) is 1. The van der Waals surface area contributed by atoms with Crippen LogP contribution in [0.25, 0.3) is 0 Å². The van der Waals surface area contributed by atoms with Crippen LogP contribution < -0.4 is 5.32 Å². The third-order valence-corrected chi connectivity index (χ3v) is 5.88. The van der Waals surface area contributed by atoms with Gasteiger partial charge in [-0.25, -0.2) is 0 Å². The maximum Gasteiger partial charge on any atom is 0.222 e. The highest BCUT2D eigenvalue weighted by molar-refractivity contribution is 5.85. The predicted octanol–water partition coefficient (Wildman–Crippen LogP) is 2.69. The topological polar surface area (TPSA) is 35.6 Å². The van der Waals surface area contributed by atoms with Gasteiger partial charge in [0, 0.05) is 37.6 Å². The van der Waals surface area contributed by atoms with Gasteiger partial charge in [0.25, 0.3) is 0 Å². The van der Waals surface area contributed by atoms with Crippen molar-refractivity contribution >= 4 is 30.7 Å². The molecule has 1 N–H and O–H groups in total. The normalized spacial score (nSPS) is 32.6. The number of hydrogen-bond acceptors (Lipinski definition) is 3. The van der Waals surface area contributed by atoms with Crippen LogP contribution in [-0.2, 0) is 4.79 Å². The molecule has 0 radical (unpaired) electrons. The summed E-state index contributed by atoms with van der Waals surface area (Å²) in [6.45, 7) is 8.56. The van der Waals surface area contributed by atoms with Crippen molar-refractivity contribution in [1.29, 1.82) is 0 Å². The van der Waals surface area contributed by atoms with Gasteiger partial charge in [0.2, 0.25) is 5.91 Å². The highest BCUT2D eigenvalue weighted by Crippen LogP contribution is 2.33. The van der Waals surface area contributed by atoms with Gasteiger partial charge in [0.05, 0.1) is 0 Å². The van der Waals surface area contributed by atoms with Crippen molar-refractivity contribution in [1.82, 2.24) is 15.1 Å². The van der Waals surface area contributed by atoms with Crippen LogP contribution in [0.5, 0.6) is 0 Å². The first-order valence-corrected chi connectivity index (χ1v) is 8.97. The summed E-state index contributed by atoms with van der Waals surface area (Å²) >= 11 is 0. The lowest BCUT2D eigenvalue weighted by molar-refractivity contribution is -0.131. The fourth-order valence-corrected chi connectivity index (χ4v) is 4.72. The minimum Gasteiger partial charge on any atom is -0.341 e. The molecule has 3 fully saturated rings. The first kappa shape index (κ1) is 21.0. The first-order valence-electron chi connectivity index (χ1n) is 8.97. The number of likely N-dealkylation sites (N-methyl/N-ethyl adjacent to an activating group) is 1. The number of carbonyl (C=O) groups excluding carboxylic acids is 1. The zero-order valence-corrected chi connectivity index (χ0v) is 16.1. The zero-order chi connectivity index (χ0) is 14.8. The number of amides is 1. The number of fused-ring (bicyclic) bond motifs is 2. The van der Waals surface area contributed by atoms with Gasteiger partial charge in [0.15, 0.2) is 0 Å². The molecule has 23 heavy (non-hydrogen) atoms. The molecule has 4 nitrogen and oxygen atoms in total. The second-order valence-electron chi connectivity index (χ2n) is 7.18. The Morgan fingerprint density at radius 1 is 1.09 bits per heavy atom. The molecule has 1 amide bonds. The van der Waals surface area contributed by atoms with Crippen LogP contribution in [-0.4, -0.2) is 60.0 Å². The fourth-order valence-electron chi connectivity index (χ4n) is 4.72. The van der Waals surface area contributed by atoms with E-state index in [1.807, 2.05) is 0 Å². The summed E-state index contributed by atoms with van der Waals surface area (Å²) < 4.78 is 0. The van der Waals surface area contributed by atoms with E-state index in [1.165, 1.54) is 25.7 Å². The standard InChI is InChI=1S/C17H31N3O.2ClH/c1-3-19(4-2)16-7-8-20(12-16)17(21)11-13-9-14-5-6-15(10-13)18-14;;/h13-16,18H,3-12H2,1-2H3;2*1H. The molecule has 6 heteroatoms. The molecule has 0 saturated carbocycles. The number of rotatable bonds is 5. The van der Waals surface area contributed by atoms with Gasteiger partial charge < -0.3 is 10.2 Å². The van der Waals surface area contributed by atoms with Gasteiger partial charge in [-0.05, 0) is 51.1 Å². The molecule has 3 aliphatic heterocycles. The van der Waals surface area contributed by atoms with Crippen molar-refractivity contribution in [2.24, 2.45) is 5.92 Å². The summed E-state index contributed by atoms with van der Waals surface area (Å²) in [6.07, 6.45) is 7.03. The molecule has 0 aromatic carbocycles. The van der Waals surface area contributed by atoms with Crippen LogP contribution in [0.2, 0.25) is 0 Å². The van der Waals surface area contributed by atoms with Gasteiger partial charge in [-0.15, -0.1) is 24.8 Å². The van der Waals surface area contributed by atoms with Crippen LogP contribution in [0.15, 0.2) is 0 Å². The molecule has 136 valence electrons. The summed E-state index contributed by atoms with van der Waals surface area (Å²) in [5.74, 6) is 1.04. The molecule has 2 bridgehead atoms. The molecule has 3 unspecified atom stereocenters. The molecule has 3 aliphatic rings. The van der Waals surface area contributed by atoms with E-state index in [1.54, 1.807) is 0 Å². The Balaban J connectivity index is 0.00000132. The molecule has 0 spiro atoms. The average molecular weight is 366 g/mol. The van der Waals surface area contributed by atoms with Crippen LogP contribution in [0, 0.1) is 5.92 Å². The number of nitrogens with one attached hydrogen (secondary N) is 1. The lowest BCUT2D eigenvalue weighted by atomic mass is 9.89. The van der Waals surface area contributed by atoms with E-state index < -0.39 is 0 Å². The van der Waals surface area contributed by atoms with E-state index in [0.29, 0.717) is 30.0 Å². The molecular weight excluding hydrogens is 333 g/mol. The SMILES string of the molecule is CCN(CC)C1CCN(C(=O)CC2CC3CCC(C2)N3)C1.Cl.Cl. The second-order valence-corrected chi connectivity index (χ2v) is 7.18. The third-order valence-electron chi connectivity index (χ3n) is 5.88. The van der Waals surface area contributed by atoms with Gasteiger partial charge in [-0.3, -0.25) is 9.69 Å². The van der Waals surface area contributed by atoms with Gasteiger partial charge in [-0.2, -0.15) is 0 Å². The van der Waals surface area contributed by atoms with Gasteiger partial charge >= 0.3 is 0 Å². The van der Waals surface area contributed by atoms with Crippen LogP contribution in [0.3, 0.4) is 0 Å². The largest absolute Gasteiger partial charge is 0.341 e. The second kappa shape index (κ2) is 9.45. The van der Waals surface area contributed by atoms with Crippen molar-refractivity contribution in [3.05, 3.63) is 0 Å². The summed E-state index contributed by atoms with van der Waals surface area (Å²) in [5.41, 5.74) is 0. The Kier molecular flexibility index (Phi) is 8.64. The summed E-state index contributed by atoms with van der Waals surface area (Å²) in [4.78, 5) is 17.2. The molecule has 3 heterocycles. The Labute approximate surface area is 153 Å². The molecule has 0 aromatic heterocycles. The van der Waals surface area contributed by atoms with E-state index in [0.717, 1.165) is 39.0 Å². The number of nitrogens with zero attached hydrogens (tertiary/aromatic N) is 2. The van der Waals surface area contributed by atoms with Gasteiger partial charge in [-0.1, -0.05) is 13.8 Å². The Bertz CT molecular complexity index is 367. The summed E-state index contributed by atoms with van der Waals surface area (Å²) in [5, 5.41) is 3.67. The monoisotopic (exact) mass is 365 g/mol. The van der Waals surface area contributed by atoms with Gasteiger partial charge in [0.1, 0.15) is 0 Å². The number of carbonyl (C=O) groups is 1. The average Bonchev–Trinajstić information content (AvgIpc) is 3.08. The molecule has 3 atom stereocenters. The highest BCUT2D eigenvalue weighted by atomic mass is 35.5. The minimum atomic E-state index is 0. The van der Waals surface area contributed by atoms with Crippen molar-refractivity contribution in [3.8, 4) is 0 Å². The Hall–Kier alpha value is -0.0300. The summed E-state index contributed by atoms with van der Waals surface area (Å²) in [7, 11) is 0.